The average molecular weight is 283 g/mol. The van der Waals surface area contributed by atoms with Gasteiger partial charge in [-0.3, -0.25) is 0 Å². The van der Waals surface area contributed by atoms with Crippen molar-refractivity contribution in [2.24, 2.45) is 5.92 Å². The maximum absolute atomic E-state index is 5.78. The zero-order chi connectivity index (χ0) is 14.6. The van der Waals surface area contributed by atoms with Crippen molar-refractivity contribution < 1.29 is 4.74 Å². The van der Waals surface area contributed by atoms with Gasteiger partial charge in [0.25, 0.3) is 0 Å². The van der Waals surface area contributed by atoms with Crippen LogP contribution < -0.4 is 0 Å². The summed E-state index contributed by atoms with van der Waals surface area (Å²) in [6.07, 6.45) is 19.4. The van der Waals surface area contributed by atoms with Gasteiger partial charge in [-0.1, -0.05) is 91.4 Å². The van der Waals surface area contributed by atoms with E-state index in [1.807, 2.05) is 0 Å². The lowest BCUT2D eigenvalue weighted by Crippen LogP contribution is -1.95. The summed E-state index contributed by atoms with van der Waals surface area (Å²) in [6, 6.07) is 0. The summed E-state index contributed by atoms with van der Waals surface area (Å²) in [5.74, 6) is 0.864. The lowest BCUT2D eigenvalue weighted by atomic mass is 10.0. The molecule has 1 heteroatoms. The molecule has 0 radical (unpaired) electrons. The van der Waals surface area contributed by atoms with Crippen molar-refractivity contribution in [1.82, 2.24) is 0 Å². The Balaban J connectivity index is 1.76. The van der Waals surface area contributed by atoms with E-state index in [-0.39, 0.29) is 0 Å². The number of hydrogen-bond acceptors (Lipinski definition) is 1. The lowest BCUT2D eigenvalue weighted by Gasteiger charge is -2.02. The van der Waals surface area contributed by atoms with E-state index in [4.69, 9.17) is 4.74 Å². The van der Waals surface area contributed by atoms with Crippen LogP contribution in [0.3, 0.4) is 0 Å². The SMILES string of the molecule is CCCCCCCCCCC1O[C@@H]1CCCCC(C)C. The number of hydrogen-bond donors (Lipinski definition) is 0. The fourth-order valence-electron chi connectivity index (χ4n) is 3.06. The van der Waals surface area contributed by atoms with Gasteiger partial charge in [-0.2, -0.15) is 0 Å². The molecule has 2 atom stereocenters. The molecule has 1 rings (SSSR count). The molecule has 0 aromatic heterocycles. The first kappa shape index (κ1) is 18.0. The van der Waals surface area contributed by atoms with Crippen molar-refractivity contribution in [3.05, 3.63) is 0 Å². The molecule has 0 N–H and O–H groups in total. The second kappa shape index (κ2) is 11.6. The van der Waals surface area contributed by atoms with Gasteiger partial charge in [0.1, 0.15) is 0 Å². The van der Waals surface area contributed by atoms with E-state index in [2.05, 4.69) is 20.8 Å². The Labute approximate surface area is 127 Å². The van der Waals surface area contributed by atoms with E-state index in [0.717, 1.165) is 5.92 Å². The molecule has 0 aromatic carbocycles. The van der Waals surface area contributed by atoms with E-state index < -0.39 is 0 Å². The molecule has 1 fully saturated rings. The van der Waals surface area contributed by atoms with Crippen molar-refractivity contribution in [3.63, 3.8) is 0 Å². The Hall–Kier alpha value is -0.0400. The summed E-state index contributed by atoms with van der Waals surface area (Å²) >= 11 is 0. The van der Waals surface area contributed by atoms with Crippen LogP contribution in [0.15, 0.2) is 0 Å². The van der Waals surface area contributed by atoms with Gasteiger partial charge in [0.15, 0.2) is 0 Å². The van der Waals surface area contributed by atoms with Crippen LogP contribution in [0.1, 0.15) is 104 Å². The largest absolute Gasteiger partial charge is 0.370 e. The van der Waals surface area contributed by atoms with E-state index in [0.29, 0.717) is 12.2 Å². The molecule has 1 unspecified atom stereocenters. The Morgan fingerprint density at radius 2 is 1.20 bits per heavy atom. The van der Waals surface area contributed by atoms with Crippen molar-refractivity contribution >= 4 is 0 Å². The predicted molar refractivity (Wildman–Crippen MR) is 89.2 cm³/mol. The minimum absolute atomic E-state index is 0.631. The summed E-state index contributed by atoms with van der Waals surface area (Å²) in [4.78, 5) is 0. The first-order chi connectivity index (χ1) is 9.74. The molecule has 0 amide bonds. The Kier molecular flexibility index (Phi) is 10.4. The maximum Gasteiger partial charge on any atom is 0.0841 e. The highest BCUT2D eigenvalue weighted by Crippen LogP contribution is 2.31. The molecule has 0 spiro atoms. The second-order valence-corrected chi connectivity index (χ2v) is 7.15. The van der Waals surface area contributed by atoms with Gasteiger partial charge < -0.3 is 4.74 Å². The normalized spacial score (nSPS) is 21.6. The highest BCUT2D eigenvalue weighted by Gasteiger charge is 2.36. The first-order valence-corrected chi connectivity index (χ1v) is 9.39. The Morgan fingerprint density at radius 1 is 0.700 bits per heavy atom. The molecular formula is C19H38O. The zero-order valence-electron chi connectivity index (χ0n) is 14.3. The molecule has 1 nitrogen and oxygen atoms in total. The number of rotatable bonds is 14. The van der Waals surface area contributed by atoms with Crippen LogP contribution in [0, 0.1) is 5.92 Å². The standard InChI is InChI=1S/C19H38O/c1-4-5-6-7-8-9-10-11-15-18-19(20-18)16-13-12-14-17(2)3/h17-19H,4-16H2,1-3H3/t18?,19-/m1/s1. The van der Waals surface area contributed by atoms with Gasteiger partial charge in [-0.25, -0.2) is 0 Å². The summed E-state index contributed by atoms with van der Waals surface area (Å²) in [7, 11) is 0. The van der Waals surface area contributed by atoms with E-state index >= 15 is 0 Å². The van der Waals surface area contributed by atoms with Crippen LogP contribution in [-0.2, 0) is 4.74 Å². The van der Waals surface area contributed by atoms with Gasteiger partial charge >= 0.3 is 0 Å². The first-order valence-electron chi connectivity index (χ1n) is 9.39. The van der Waals surface area contributed by atoms with E-state index in [9.17, 15) is 0 Å². The van der Waals surface area contributed by atoms with Gasteiger partial charge in [-0.05, 0) is 18.8 Å². The molecule has 1 saturated heterocycles. The van der Waals surface area contributed by atoms with Gasteiger partial charge in [0.05, 0.1) is 12.2 Å². The quantitative estimate of drug-likeness (QED) is 0.261. The van der Waals surface area contributed by atoms with E-state index in [1.165, 1.54) is 83.5 Å². The molecule has 0 aromatic rings. The molecule has 120 valence electrons. The third-order valence-electron chi connectivity index (χ3n) is 4.55. The Morgan fingerprint density at radius 3 is 1.75 bits per heavy atom. The summed E-state index contributed by atoms with van der Waals surface area (Å²) in [5.41, 5.74) is 0. The van der Waals surface area contributed by atoms with Crippen molar-refractivity contribution in [2.45, 2.75) is 116 Å². The molecule has 1 aliphatic heterocycles. The van der Waals surface area contributed by atoms with Crippen LogP contribution in [0.2, 0.25) is 0 Å². The van der Waals surface area contributed by atoms with Crippen LogP contribution in [0.4, 0.5) is 0 Å². The van der Waals surface area contributed by atoms with Crippen molar-refractivity contribution in [3.8, 4) is 0 Å². The lowest BCUT2D eigenvalue weighted by molar-refractivity contribution is 0.346. The minimum atomic E-state index is 0.631. The highest BCUT2D eigenvalue weighted by molar-refractivity contribution is 4.84. The number of epoxide rings is 1. The van der Waals surface area contributed by atoms with Crippen molar-refractivity contribution in [2.75, 3.05) is 0 Å². The van der Waals surface area contributed by atoms with Gasteiger partial charge in [-0.15, -0.1) is 0 Å². The van der Waals surface area contributed by atoms with Crippen molar-refractivity contribution in [1.29, 1.82) is 0 Å². The molecule has 0 aliphatic carbocycles. The molecular weight excluding hydrogens is 244 g/mol. The average Bonchev–Trinajstić information content (AvgIpc) is 3.16. The van der Waals surface area contributed by atoms with E-state index in [1.54, 1.807) is 0 Å². The van der Waals surface area contributed by atoms with Crippen LogP contribution in [-0.4, -0.2) is 12.2 Å². The van der Waals surface area contributed by atoms with Gasteiger partial charge in [0.2, 0.25) is 0 Å². The topological polar surface area (TPSA) is 12.5 Å². The van der Waals surface area contributed by atoms with Crippen LogP contribution in [0.5, 0.6) is 0 Å². The van der Waals surface area contributed by atoms with Crippen LogP contribution in [0.25, 0.3) is 0 Å². The predicted octanol–water partition coefficient (Wildman–Crippen LogP) is 6.50. The third-order valence-corrected chi connectivity index (χ3v) is 4.55. The monoisotopic (exact) mass is 282 g/mol. The summed E-state index contributed by atoms with van der Waals surface area (Å²) < 4.78 is 5.78. The third kappa shape index (κ3) is 9.80. The highest BCUT2D eigenvalue weighted by atomic mass is 16.6. The second-order valence-electron chi connectivity index (χ2n) is 7.15. The van der Waals surface area contributed by atoms with Gasteiger partial charge in [0, 0.05) is 0 Å². The smallest absolute Gasteiger partial charge is 0.0841 e. The molecule has 0 saturated carbocycles. The number of ether oxygens (including phenoxy) is 1. The summed E-state index contributed by atoms with van der Waals surface area (Å²) in [5, 5.41) is 0. The zero-order valence-corrected chi connectivity index (χ0v) is 14.3. The molecule has 0 bridgehead atoms. The fourth-order valence-corrected chi connectivity index (χ4v) is 3.06. The maximum atomic E-state index is 5.78. The summed E-state index contributed by atoms with van der Waals surface area (Å²) in [6.45, 7) is 6.92. The Bertz CT molecular complexity index is 212. The van der Waals surface area contributed by atoms with Crippen LogP contribution >= 0.6 is 0 Å². The molecule has 1 heterocycles. The fraction of sp³-hybridized carbons (Fsp3) is 1.00. The minimum Gasteiger partial charge on any atom is -0.370 e. The number of unbranched alkanes of at least 4 members (excludes halogenated alkanes) is 8. The molecule has 1 aliphatic rings. The molecule has 20 heavy (non-hydrogen) atoms.